The van der Waals surface area contributed by atoms with Crippen LogP contribution in [0.5, 0.6) is 0 Å². The average molecular weight is 458 g/mol. The fourth-order valence-corrected chi connectivity index (χ4v) is 6.77. The number of piperazine rings is 1. The SMILES string of the molecule is C[C@H](CN(C(=O)C1C2CCC1CC2)c1ccccn1)N1CCN(c2cccc3[nH]ccc23)CC1. The van der Waals surface area contributed by atoms with Gasteiger partial charge in [-0.2, -0.15) is 0 Å². The molecule has 1 aliphatic heterocycles. The Balaban J connectivity index is 1.15. The van der Waals surface area contributed by atoms with Crippen molar-refractivity contribution in [3.8, 4) is 0 Å². The van der Waals surface area contributed by atoms with Gasteiger partial charge in [0.25, 0.3) is 0 Å². The van der Waals surface area contributed by atoms with Gasteiger partial charge in [0.15, 0.2) is 0 Å². The Morgan fingerprint density at radius 3 is 2.50 bits per heavy atom. The standard InChI is InChI=1S/C28H35N5O/c1-20(31-15-17-32(18-16-31)25-6-4-5-24-23(25)12-14-29-24)19-33(26-7-2-3-13-30-26)28(34)27-21-8-9-22(27)11-10-21/h2-7,12-14,20-22,27,29H,8-11,15-19H2,1H3/t20-,21?,22?,27?/m1/s1. The number of hydrogen-bond donors (Lipinski definition) is 1. The van der Waals surface area contributed by atoms with Crippen molar-refractivity contribution >= 4 is 28.3 Å². The lowest BCUT2D eigenvalue weighted by atomic mass is 9.95. The normalized spacial score (nSPS) is 25.7. The largest absolute Gasteiger partial charge is 0.368 e. The predicted molar refractivity (Wildman–Crippen MR) is 137 cm³/mol. The topological polar surface area (TPSA) is 55.5 Å². The number of aromatic nitrogens is 2. The lowest BCUT2D eigenvalue weighted by Gasteiger charge is -2.41. The highest BCUT2D eigenvalue weighted by Gasteiger charge is 2.47. The van der Waals surface area contributed by atoms with Crippen LogP contribution in [-0.4, -0.2) is 59.5 Å². The molecule has 178 valence electrons. The van der Waals surface area contributed by atoms with E-state index in [1.165, 1.54) is 42.3 Å². The Morgan fingerprint density at radius 1 is 1.03 bits per heavy atom. The second kappa shape index (κ2) is 9.06. The quantitative estimate of drug-likeness (QED) is 0.590. The number of anilines is 2. The van der Waals surface area contributed by atoms with Crippen molar-refractivity contribution in [1.29, 1.82) is 0 Å². The highest BCUT2D eigenvalue weighted by molar-refractivity contribution is 5.95. The molecule has 6 rings (SSSR count). The van der Waals surface area contributed by atoms with Crippen LogP contribution in [0.25, 0.3) is 10.9 Å². The van der Waals surface area contributed by atoms with Crippen LogP contribution in [0, 0.1) is 17.8 Å². The van der Waals surface area contributed by atoms with E-state index in [0.29, 0.717) is 24.3 Å². The average Bonchev–Trinajstić information content (AvgIpc) is 3.63. The molecule has 1 aromatic carbocycles. The number of carbonyl (C=O) groups excluding carboxylic acids is 1. The maximum Gasteiger partial charge on any atom is 0.231 e. The molecule has 0 unspecified atom stereocenters. The number of H-pyrrole nitrogens is 1. The van der Waals surface area contributed by atoms with Crippen molar-refractivity contribution in [2.45, 2.75) is 38.6 Å². The molecule has 2 aromatic heterocycles. The molecule has 1 saturated heterocycles. The molecule has 1 amide bonds. The van der Waals surface area contributed by atoms with Crippen molar-refractivity contribution in [2.75, 3.05) is 42.5 Å². The van der Waals surface area contributed by atoms with E-state index in [-0.39, 0.29) is 12.0 Å². The minimum Gasteiger partial charge on any atom is -0.368 e. The molecule has 1 atom stereocenters. The van der Waals surface area contributed by atoms with Crippen LogP contribution in [0.1, 0.15) is 32.6 Å². The number of nitrogens with zero attached hydrogens (tertiary/aromatic N) is 4. The van der Waals surface area contributed by atoms with Gasteiger partial charge in [-0.25, -0.2) is 4.98 Å². The van der Waals surface area contributed by atoms with Gasteiger partial charge in [0.2, 0.25) is 5.91 Å². The molecule has 0 radical (unpaired) electrons. The van der Waals surface area contributed by atoms with Crippen LogP contribution >= 0.6 is 0 Å². The number of fused-ring (bicyclic) bond motifs is 3. The maximum atomic E-state index is 13.8. The fourth-order valence-electron chi connectivity index (χ4n) is 6.77. The third-order valence-corrected chi connectivity index (χ3v) is 8.61. The van der Waals surface area contributed by atoms with Crippen LogP contribution in [0.15, 0.2) is 54.9 Å². The number of nitrogens with one attached hydrogen (secondary N) is 1. The summed E-state index contributed by atoms with van der Waals surface area (Å²) in [5, 5.41) is 1.29. The van der Waals surface area contributed by atoms with Gasteiger partial charge < -0.3 is 9.88 Å². The zero-order valence-corrected chi connectivity index (χ0v) is 20.1. The Morgan fingerprint density at radius 2 is 1.79 bits per heavy atom. The Labute approximate surface area is 201 Å². The van der Waals surface area contributed by atoms with E-state index in [4.69, 9.17) is 0 Å². The number of pyridine rings is 1. The summed E-state index contributed by atoms with van der Waals surface area (Å²) in [7, 11) is 0. The van der Waals surface area contributed by atoms with Crippen molar-refractivity contribution in [1.82, 2.24) is 14.9 Å². The van der Waals surface area contributed by atoms with Crippen LogP contribution in [-0.2, 0) is 4.79 Å². The van der Waals surface area contributed by atoms with Gasteiger partial charge in [-0.15, -0.1) is 0 Å². The second-order valence-electron chi connectivity index (χ2n) is 10.4. The predicted octanol–water partition coefficient (Wildman–Crippen LogP) is 4.54. The summed E-state index contributed by atoms with van der Waals surface area (Å²) in [6.45, 7) is 6.98. The van der Waals surface area contributed by atoms with Crippen molar-refractivity contribution in [3.05, 3.63) is 54.9 Å². The minimum absolute atomic E-state index is 0.202. The van der Waals surface area contributed by atoms with E-state index in [1.54, 1.807) is 0 Å². The van der Waals surface area contributed by atoms with Gasteiger partial charge in [-0.1, -0.05) is 12.1 Å². The molecule has 3 aromatic rings. The molecule has 3 heterocycles. The molecular weight excluding hydrogens is 422 g/mol. The molecule has 6 nitrogen and oxygen atoms in total. The molecule has 2 bridgehead atoms. The number of hydrogen-bond acceptors (Lipinski definition) is 4. The summed E-state index contributed by atoms with van der Waals surface area (Å²) in [6.07, 6.45) is 8.73. The van der Waals surface area contributed by atoms with Crippen molar-refractivity contribution in [3.63, 3.8) is 0 Å². The Bertz CT molecular complexity index is 1120. The molecule has 2 saturated carbocycles. The zero-order valence-electron chi connectivity index (χ0n) is 20.1. The van der Waals surface area contributed by atoms with E-state index in [2.05, 4.69) is 51.0 Å². The third-order valence-electron chi connectivity index (χ3n) is 8.61. The van der Waals surface area contributed by atoms with Gasteiger partial charge in [-0.05, 0) is 74.8 Å². The monoisotopic (exact) mass is 457 g/mol. The number of benzene rings is 1. The first-order valence-electron chi connectivity index (χ1n) is 13.0. The first kappa shape index (κ1) is 21.7. The lowest BCUT2D eigenvalue weighted by Crippen LogP contribution is -2.54. The second-order valence-corrected chi connectivity index (χ2v) is 10.4. The van der Waals surface area contributed by atoms with Crippen LogP contribution < -0.4 is 9.80 Å². The number of aromatic amines is 1. The molecule has 2 aliphatic carbocycles. The maximum absolute atomic E-state index is 13.8. The Hall–Kier alpha value is -2.86. The molecule has 3 aliphatic rings. The van der Waals surface area contributed by atoms with E-state index >= 15 is 0 Å². The van der Waals surface area contributed by atoms with E-state index in [9.17, 15) is 4.79 Å². The molecule has 0 spiro atoms. The first-order chi connectivity index (χ1) is 16.7. The van der Waals surface area contributed by atoms with Crippen LogP contribution in [0.3, 0.4) is 0 Å². The van der Waals surface area contributed by atoms with E-state index < -0.39 is 0 Å². The summed E-state index contributed by atoms with van der Waals surface area (Å²) in [5.74, 6) is 2.49. The fraction of sp³-hybridized carbons (Fsp3) is 0.500. The minimum atomic E-state index is 0.202. The summed E-state index contributed by atoms with van der Waals surface area (Å²) >= 11 is 0. The molecule has 34 heavy (non-hydrogen) atoms. The number of amides is 1. The summed E-state index contributed by atoms with van der Waals surface area (Å²) in [5.41, 5.74) is 2.51. The van der Waals surface area contributed by atoms with Crippen molar-refractivity contribution in [2.24, 2.45) is 17.8 Å². The zero-order chi connectivity index (χ0) is 23.1. The van der Waals surface area contributed by atoms with E-state index in [0.717, 1.165) is 32.0 Å². The molecule has 6 heteroatoms. The summed E-state index contributed by atoms with van der Waals surface area (Å²) in [4.78, 5) is 28.8. The first-order valence-corrected chi connectivity index (χ1v) is 13.0. The number of carbonyl (C=O) groups is 1. The smallest absolute Gasteiger partial charge is 0.231 e. The summed E-state index contributed by atoms with van der Waals surface area (Å²) in [6, 6.07) is 14.9. The van der Waals surface area contributed by atoms with Gasteiger partial charge in [-0.3, -0.25) is 14.6 Å². The highest BCUT2D eigenvalue weighted by Crippen LogP contribution is 2.50. The van der Waals surface area contributed by atoms with Gasteiger partial charge in [0.1, 0.15) is 5.82 Å². The lowest BCUT2D eigenvalue weighted by molar-refractivity contribution is -0.124. The highest BCUT2D eigenvalue weighted by atomic mass is 16.2. The van der Waals surface area contributed by atoms with Crippen LogP contribution in [0.2, 0.25) is 0 Å². The Kier molecular flexibility index (Phi) is 5.77. The molecule has 1 N–H and O–H groups in total. The number of rotatable bonds is 6. The molecular formula is C28H35N5O. The van der Waals surface area contributed by atoms with Crippen molar-refractivity contribution < 1.29 is 4.79 Å². The van der Waals surface area contributed by atoms with Gasteiger partial charge in [0.05, 0.1) is 0 Å². The summed E-state index contributed by atoms with van der Waals surface area (Å²) < 4.78 is 0. The molecule has 3 fully saturated rings. The van der Waals surface area contributed by atoms with Gasteiger partial charge >= 0.3 is 0 Å². The third kappa shape index (κ3) is 3.88. The van der Waals surface area contributed by atoms with E-state index in [1.807, 2.05) is 35.5 Å². The van der Waals surface area contributed by atoms with Crippen LogP contribution in [0.4, 0.5) is 11.5 Å². The van der Waals surface area contributed by atoms with Gasteiger partial charge in [0, 0.05) is 73.7 Å².